The second-order valence-electron chi connectivity index (χ2n) is 3.89. The van der Waals surface area contributed by atoms with Crippen molar-refractivity contribution in [2.75, 3.05) is 7.11 Å². The number of para-hydroxylation sites is 1. The zero-order valence-electron chi connectivity index (χ0n) is 10.2. The SMILES string of the molecule is COc1nccnc1-c1coc2ccccc2c1=O. The third kappa shape index (κ3) is 1.85. The van der Waals surface area contributed by atoms with E-state index in [4.69, 9.17) is 9.15 Å². The molecule has 0 aliphatic carbocycles. The summed E-state index contributed by atoms with van der Waals surface area (Å²) in [5, 5.41) is 0.507. The van der Waals surface area contributed by atoms with Crippen LogP contribution in [0.25, 0.3) is 22.2 Å². The molecule has 0 amide bonds. The van der Waals surface area contributed by atoms with Crippen LogP contribution in [0, 0.1) is 0 Å². The Labute approximate surface area is 108 Å². The Morgan fingerprint density at radius 2 is 1.95 bits per heavy atom. The van der Waals surface area contributed by atoms with Gasteiger partial charge in [0, 0.05) is 12.4 Å². The van der Waals surface area contributed by atoms with Crippen LogP contribution in [-0.2, 0) is 0 Å². The highest BCUT2D eigenvalue weighted by Crippen LogP contribution is 2.24. The predicted octanol–water partition coefficient (Wildman–Crippen LogP) is 2.26. The van der Waals surface area contributed by atoms with Crippen LogP contribution in [-0.4, -0.2) is 17.1 Å². The summed E-state index contributed by atoms with van der Waals surface area (Å²) < 4.78 is 10.6. The van der Waals surface area contributed by atoms with Gasteiger partial charge < -0.3 is 9.15 Å². The number of benzene rings is 1. The van der Waals surface area contributed by atoms with Crippen molar-refractivity contribution >= 4 is 11.0 Å². The van der Waals surface area contributed by atoms with Crippen molar-refractivity contribution in [1.82, 2.24) is 9.97 Å². The van der Waals surface area contributed by atoms with Gasteiger partial charge in [-0.2, -0.15) is 0 Å². The summed E-state index contributed by atoms with van der Waals surface area (Å²) >= 11 is 0. The second-order valence-corrected chi connectivity index (χ2v) is 3.89. The van der Waals surface area contributed by atoms with Crippen LogP contribution >= 0.6 is 0 Å². The smallest absolute Gasteiger partial charge is 0.240 e. The van der Waals surface area contributed by atoms with Crippen LogP contribution in [0.4, 0.5) is 0 Å². The van der Waals surface area contributed by atoms with Gasteiger partial charge in [-0.05, 0) is 12.1 Å². The normalized spacial score (nSPS) is 10.6. The Bertz CT molecular complexity index is 796. The van der Waals surface area contributed by atoms with Gasteiger partial charge in [0.05, 0.1) is 18.1 Å². The zero-order chi connectivity index (χ0) is 13.2. The van der Waals surface area contributed by atoms with Crippen LogP contribution in [0.15, 0.2) is 52.1 Å². The van der Waals surface area contributed by atoms with Crippen molar-refractivity contribution in [3.05, 3.63) is 53.1 Å². The molecule has 94 valence electrons. The molecule has 0 atom stereocenters. The van der Waals surface area contributed by atoms with Gasteiger partial charge in [-0.1, -0.05) is 12.1 Å². The Hall–Kier alpha value is -2.69. The van der Waals surface area contributed by atoms with Gasteiger partial charge in [0.25, 0.3) is 0 Å². The summed E-state index contributed by atoms with van der Waals surface area (Å²) in [7, 11) is 1.48. The highest BCUT2D eigenvalue weighted by Gasteiger charge is 2.14. The molecule has 0 unspecified atom stereocenters. The quantitative estimate of drug-likeness (QED) is 0.701. The molecular weight excluding hydrogens is 244 g/mol. The molecule has 5 nitrogen and oxygen atoms in total. The first-order valence-electron chi connectivity index (χ1n) is 5.67. The lowest BCUT2D eigenvalue weighted by Crippen LogP contribution is -2.07. The maximum absolute atomic E-state index is 12.4. The van der Waals surface area contributed by atoms with Crippen LogP contribution in [0.5, 0.6) is 5.88 Å². The summed E-state index contributed by atoms with van der Waals surface area (Å²) in [6.07, 6.45) is 4.40. The molecule has 0 bridgehead atoms. The van der Waals surface area contributed by atoms with E-state index in [1.165, 1.54) is 25.8 Å². The highest BCUT2D eigenvalue weighted by atomic mass is 16.5. The van der Waals surface area contributed by atoms with Gasteiger partial charge in [-0.3, -0.25) is 4.79 Å². The van der Waals surface area contributed by atoms with Gasteiger partial charge in [-0.15, -0.1) is 0 Å². The van der Waals surface area contributed by atoms with E-state index in [-0.39, 0.29) is 5.43 Å². The average Bonchev–Trinajstić information content (AvgIpc) is 2.48. The molecule has 0 saturated heterocycles. The van der Waals surface area contributed by atoms with E-state index in [2.05, 4.69) is 9.97 Å². The maximum Gasteiger partial charge on any atom is 0.240 e. The predicted molar refractivity (Wildman–Crippen MR) is 70.1 cm³/mol. The minimum absolute atomic E-state index is 0.152. The number of rotatable bonds is 2. The molecule has 3 rings (SSSR count). The largest absolute Gasteiger partial charge is 0.479 e. The van der Waals surface area contributed by atoms with Crippen LogP contribution < -0.4 is 10.2 Å². The zero-order valence-corrected chi connectivity index (χ0v) is 10.2. The molecule has 0 saturated carbocycles. The summed E-state index contributed by atoms with van der Waals surface area (Å²) in [6.45, 7) is 0. The molecule has 0 fully saturated rings. The molecule has 0 aliphatic rings. The molecule has 0 N–H and O–H groups in total. The molecule has 2 heterocycles. The first-order chi connectivity index (χ1) is 9.31. The Morgan fingerprint density at radius 1 is 1.16 bits per heavy atom. The lowest BCUT2D eigenvalue weighted by molar-refractivity contribution is 0.397. The minimum atomic E-state index is -0.152. The van der Waals surface area contributed by atoms with Crippen molar-refractivity contribution in [3.8, 4) is 17.1 Å². The van der Waals surface area contributed by atoms with E-state index in [1.54, 1.807) is 18.2 Å². The fourth-order valence-electron chi connectivity index (χ4n) is 1.90. The van der Waals surface area contributed by atoms with E-state index < -0.39 is 0 Å². The number of methoxy groups -OCH3 is 1. The van der Waals surface area contributed by atoms with Gasteiger partial charge in [0.2, 0.25) is 11.3 Å². The summed E-state index contributed by atoms with van der Waals surface area (Å²) in [5.41, 5.74) is 1.10. The number of hydrogen-bond donors (Lipinski definition) is 0. The fraction of sp³-hybridized carbons (Fsp3) is 0.0714. The monoisotopic (exact) mass is 254 g/mol. The average molecular weight is 254 g/mol. The van der Waals surface area contributed by atoms with Gasteiger partial charge in [-0.25, -0.2) is 9.97 Å². The fourth-order valence-corrected chi connectivity index (χ4v) is 1.90. The molecule has 0 spiro atoms. The molecular formula is C14H10N2O3. The third-order valence-electron chi connectivity index (χ3n) is 2.79. The Balaban J connectivity index is 2.32. The number of nitrogens with zero attached hydrogens (tertiary/aromatic N) is 2. The van der Waals surface area contributed by atoms with Crippen LogP contribution in [0.3, 0.4) is 0 Å². The Kier molecular flexibility index (Phi) is 2.72. The maximum atomic E-state index is 12.4. The van der Waals surface area contributed by atoms with Crippen molar-refractivity contribution in [1.29, 1.82) is 0 Å². The van der Waals surface area contributed by atoms with Crippen molar-refractivity contribution in [2.45, 2.75) is 0 Å². The van der Waals surface area contributed by atoms with Crippen LogP contribution in [0.2, 0.25) is 0 Å². The molecule has 2 aromatic heterocycles. The molecule has 19 heavy (non-hydrogen) atoms. The first-order valence-corrected chi connectivity index (χ1v) is 5.67. The third-order valence-corrected chi connectivity index (χ3v) is 2.79. The topological polar surface area (TPSA) is 65.2 Å². The van der Waals surface area contributed by atoms with Crippen molar-refractivity contribution < 1.29 is 9.15 Å². The molecule has 1 aromatic carbocycles. The van der Waals surface area contributed by atoms with Crippen molar-refractivity contribution in [3.63, 3.8) is 0 Å². The summed E-state index contributed by atoms with van der Waals surface area (Å²) in [4.78, 5) is 20.6. The number of aromatic nitrogens is 2. The number of hydrogen-bond acceptors (Lipinski definition) is 5. The first kappa shape index (κ1) is 11.4. The number of fused-ring (bicyclic) bond motifs is 1. The van der Waals surface area contributed by atoms with E-state index in [0.29, 0.717) is 28.1 Å². The van der Waals surface area contributed by atoms with Crippen LogP contribution in [0.1, 0.15) is 0 Å². The lowest BCUT2D eigenvalue weighted by atomic mass is 10.1. The second kappa shape index (κ2) is 4.53. The van der Waals surface area contributed by atoms with Gasteiger partial charge in [0.1, 0.15) is 17.5 Å². The summed E-state index contributed by atoms with van der Waals surface area (Å²) in [6, 6.07) is 7.06. The molecule has 0 aliphatic heterocycles. The van der Waals surface area contributed by atoms with Gasteiger partial charge >= 0.3 is 0 Å². The highest BCUT2D eigenvalue weighted by molar-refractivity contribution is 5.81. The molecule has 3 aromatic rings. The Morgan fingerprint density at radius 3 is 2.79 bits per heavy atom. The number of ether oxygens (including phenoxy) is 1. The van der Waals surface area contributed by atoms with E-state index in [0.717, 1.165) is 0 Å². The van der Waals surface area contributed by atoms with E-state index >= 15 is 0 Å². The summed E-state index contributed by atoms with van der Waals surface area (Å²) in [5.74, 6) is 0.296. The van der Waals surface area contributed by atoms with Crippen molar-refractivity contribution in [2.24, 2.45) is 0 Å². The van der Waals surface area contributed by atoms with Gasteiger partial charge in [0.15, 0.2) is 0 Å². The molecule has 0 radical (unpaired) electrons. The standard InChI is InChI=1S/C14H10N2O3/c1-18-14-12(15-6-7-16-14)10-8-19-11-5-3-2-4-9(11)13(10)17/h2-8H,1H3. The van der Waals surface area contributed by atoms with E-state index in [9.17, 15) is 4.79 Å². The lowest BCUT2D eigenvalue weighted by Gasteiger charge is -2.05. The minimum Gasteiger partial charge on any atom is -0.479 e. The molecule has 5 heteroatoms. The van der Waals surface area contributed by atoms with E-state index in [1.807, 2.05) is 6.07 Å².